The van der Waals surface area contributed by atoms with Crippen LogP contribution in [0.1, 0.15) is 22.6 Å². The highest BCUT2D eigenvalue weighted by Crippen LogP contribution is 2.19. The normalized spacial score (nSPS) is 10.4. The second-order valence-electron chi connectivity index (χ2n) is 4.78. The summed E-state index contributed by atoms with van der Waals surface area (Å²) in [5.74, 6) is 0.734. The molecule has 0 N–H and O–H groups in total. The van der Waals surface area contributed by atoms with Crippen molar-refractivity contribution >= 4 is 11.3 Å². The highest BCUT2D eigenvalue weighted by Gasteiger charge is 2.16. The van der Waals surface area contributed by atoms with Crippen LogP contribution in [0.3, 0.4) is 0 Å². The van der Waals surface area contributed by atoms with Gasteiger partial charge in [-0.25, -0.2) is 4.98 Å². The topological polar surface area (TPSA) is 76.6 Å². The zero-order chi connectivity index (χ0) is 15.5. The first kappa shape index (κ1) is 14.2. The van der Waals surface area contributed by atoms with Gasteiger partial charge in [0.2, 0.25) is 5.13 Å². The predicted octanol–water partition coefficient (Wildman–Crippen LogP) is 2.79. The molecular formula is C15H13N5OS. The number of aryl methyl sites for hydroxylation is 2. The van der Waals surface area contributed by atoms with E-state index in [4.69, 9.17) is 4.74 Å². The summed E-state index contributed by atoms with van der Waals surface area (Å²) in [5.41, 5.74) is 2.91. The Morgan fingerprint density at radius 1 is 1.27 bits per heavy atom. The number of nitriles is 1. The zero-order valence-corrected chi connectivity index (χ0v) is 13.0. The summed E-state index contributed by atoms with van der Waals surface area (Å²) >= 11 is 1.45. The lowest BCUT2D eigenvalue weighted by Gasteiger charge is -2.07. The molecule has 6 nitrogen and oxygen atoms in total. The van der Waals surface area contributed by atoms with Crippen molar-refractivity contribution in [2.24, 2.45) is 0 Å². The van der Waals surface area contributed by atoms with Crippen LogP contribution in [-0.4, -0.2) is 20.0 Å². The van der Waals surface area contributed by atoms with Gasteiger partial charge in [0.1, 0.15) is 24.1 Å². The van der Waals surface area contributed by atoms with E-state index < -0.39 is 0 Å². The minimum absolute atomic E-state index is 0.206. The molecule has 0 unspecified atom stereocenters. The SMILES string of the molecule is Cc1ccc(OCc2c(C#N)nnn2-c2nc(C)cs2)cc1. The Morgan fingerprint density at radius 3 is 2.68 bits per heavy atom. The third-order valence-electron chi connectivity index (χ3n) is 3.05. The van der Waals surface area contributed by atoms with Gasteiger partial charge >= 0.3 is 0 Å². The molecule has 0 fully saturated rings. The number of ether oxygens (including phenoxy) is 1. The highest BCUT2D eigenvalue weighted by molar-refractivity contribution is 7.12. The number of rotatable bonds is 4. The number of hydrogen-bond acceptors (Lipinski definition) is 6. The fourth-order valence-electron chi connectivity index (χ4n) is 1.90. The average Bonchev–Trinajstić information content (AvgIpc) is 3.12. The fraction of sp³-hybridized carbons (Fsp3) is 0.200. The van der Waals surface area contributed by atoms with Gasteiger partial charge in [-0.2, -0.15) is 9.94 Å². The molecule has 0 aliphatic rings. The van der Waals surface area contributed by atoms with Crippen molar-refractivity contribution < 1.29 is 4.74 Å². The Bertz CT molecular complexity index is 828. The van der Waals surface area contributed by atoms with Crippen molar-refractivity contribution in [2.75, 3.05) is 0 Å². The van der Waals surface area contributed by atoms with Crippen LogP contribution in [-0.2, 0) is 6.61 Å². The van der Waals surface area contributed by atoms with E-state index >= 15 is 0 Å². The molecule has 0 aliphatic heterocycles. The van der Waals surface area contributed by atoms with Gasteiger partial charge in [-0.05, 0) is 26.0 Å². The summed E-state index contributed by atoms with van der Waals surface area (Å²) in [4.78, 5) is 4.37. The van der Waals surface area contributed by atoms with Gasteiger partial charge in [-0.1, -0.05) is 22.9 Å². The molecule has 0 spiro atoms. The molecule has 2 aromatic heterocycles. The summed E-state index contributed by atoms with van der Waals surface area (Å²) in [6.45, 7) is 4.13. The lowest BCUT2D eigenvalue weighted by molar-refractivity contribution is 0.297. The van der Waals surface area contributed by atoms with Gasteiger partial charge in [0.25, 0.3) is 0 Å². The first-order valence-electron chi connectivity index (χ1n) is 6.64. The molecule has 3 aromatic rings. The first-order valence-corrected chi connectivity index (χ1v) is 7.52. The minimum Gasteiger partial charge on any atom is -0.487 e. The maximum absolute atomic E-state index is 9.18. The second-order valence-corrected chi connectivity index (χ2v) is 5.62. The third kappa shape index (κ3) is 2.82. The van der Waals surface area contributed by atoms with E-state index in [1.807, 2.05) is 49.6 Å². The summed E-state index contributed by atoms with van der Waals surface area (Å²) in [5, 5.41) is 19.7. The molecule has 110 valence electrons. The molecule has 0 aliphatic carbocycles. The van der Waals surface area contributed by atoms with Gasteiger partial charge in [-0.15, -0.1) is 16.4 Å². The molecule has 22 heavy (non-hydrogen) atoms. The van der Waals surface area contributed by atoms with Crippen molar-refractivity contribution in [3.63, 3.8) is 0 Å². The largest absolute Gasteiger partial charge is 0.487 e. The van der Waals surface area contributed by atoms with Crippen LogP contribution in [0.15, 0.2) is 29.6 Å². The number of benzene rings is 1. The van der Waals surface area contributed by atoms with Crippen LogP contribution in [0.5, 0.6) is 5.75 Å². The molecule has 0 bridgehead atoms. The number of aromatic nitrogens is 4. The molecule has 2 heterocycles. The predicted molar refractivity (Wildman–Crippen MR) is 82.0 cm³/mol. The van der Waals surface area contributed by atoms with Crippen molar-refractivity contribution in [3.8, 4) is 17.0 Å². The summed E-state index contributed by atoms with van der Waals surface area (Å²) in [6, 6.07) is 9.77. The van der Waals surface area contributed by atoms with E-state index in [0.717, 1.165) is 17.0 Å². The monoisotopic (exact) mass is 311 g/mol. The molecular weight excluding hydrogens is 298 g/mol. The van der Waals surface area contributed by atoms with E-state index in [0.29, 0.717) is 10.8 Å². The number of nitrogens with zero attached hydrogens (tertiary/aromatic N) is 5. The van der Waals surface area contributed by atoms with Gasteiger partial charge in [0.15, 0.2) is 5.69 Å². The maximum atomic E-state index is 9.18. The molecule has 0 atom stereocenters. The fourth-order valence-corrected chi connectivity index (χ4v) is 2.67. The molecule has 0 amide bonds. The summed E-state index contributed by atoms with van der Waals surface area (Å²) in [6.07, 6.45) is 0. The zero-order valence-electron chi connectivity index (χ0n) is 12.1. The van der Waals surface area contributed by atoms with Crippen LogP contribution in [0.4, 0.5) is 0 Å². The summed E-state index contributed by atoms with van der Waals surface area (Å²) in [7, 11) is 0. The molecule has 0 saturated carbocycles. The Kier molecular flexibility index (Phi) is 3.85. The van der Waals surface area contributed by atoms with Crippen LogP contribution in [0.2, 0.25) is 0 Å². The minimum atomic E-state index is 0.206. The van der Waals surface area contributed by atoms with Gasteiger partial charge in [0, 0.05) is 5.38 Å². The smallest absolute Gasteiger partial charge is 0.212 e. The Hall–Kier alpha value is -2.72. The van der Waals surface area contributed by atoms with E-state index in [1.165, 1.54) is 11.3 Å². The van der Waals surface area contributed by atoms with E-state index in [-0.39, 0.29) is 12.3 Å². The van der Waals surface area contributed by atoms with Crippen LogP contribution >= 0.6 is 11.3 Å². The quantitative estimate of drug-likeness (QED) is 0.740. The molecule has 0 radical (unpaired) electrons. The van der Waals surface area contributed by atoms with Crippen molar-refractivity contribution in [1.82, 2.24) is 20.0 Å². The highest BCUT2D eigenvalue weighted by atomic mass is 32.1. The van der Waals surface area contributed by atoms with Crippen LogP contribution in [0.25, 0.3) is 5.13 Å². The molecule has 7 heteroatoms. The maximum Gasteiger partial charge on any atom is 0.212 e. The van der Waals surface area contributed by atoms with Gasteiger partial charge in [0.05, 0.1) is 5.69 Å². The number of hydrogen-bond donors (Lipinski definition) is 0. The average molecular weight is 311 g/mol. The van der Waals surface area contributed by atoms with Gasteiger partial charge < -0.3 is 4.74 Å². The molecule has 3 rings (SSSR count). The first-order chi connectivity index (χ1) is 10.7. The van der Waals surface area contributed by atoms with Crippen molar-refractivity contribution in [2.45, 2.75) is 20.5 Å². The Balaban J connectivity index is 1.87. The lowest BCUT2D eigenvalue weighted by Crippen LogP contribution is -2.07. The van der Waals surface area contributed by atoms with E-state index in [2.05, 4.69) is 15.3 Å². The van der Waals surface area contributed by atoms with Crippen LogP contribution in [0, 0.1) is 25.2 Å². The molecule has 1 aromatic carbocycles. The summed E-state index contributed by atoms with van der Waals surface area (Å²) < 4.78 is 7.30. The van der Waals surface area contributed by atoms with Gasteiger partial charge in [-0.3, -0.25) is 0 Å². The Morgan fingerprint density at radius 2 is 2.05 bits per heavy atom. The van der Waals surface area contributed by atoms with E-state index in [1.54, 1.807) is 4.68 Å². The molecule has 0 saturated heterocycles. The van der Waals surface area contributed by atoms with E-state index in [9.17, 15) is 5.26 Å². The lowest BCUT2D eigenvalue weighted by atomic mass is 10.2. The van der Waals surface area contributed by atoms with Crippen LogP contribution < -0.4 is 4.74 Å². The third-order valence-corrected chi connectivity index (χ3v) is 3.99. The standard InChI is InChI=1S/C15H13N5OS/c1-10-3-5-12(6-4-10)21-8-14-13(7-16)18-19-20(14)15-17-11(2)9-22-15/h3-6,9H,8H2,1-2H3. The van der Waals surface area contributed by atoms with Crippen molar-refractivity contribution in [1.29, 1.82) is 5.26 Å². The Labute approximate surface area is 131 Å². The second kappa shape index (κ2) is 5.95. The van der Waals surface area contributed by atoms with Crippen molar-refractivity contribution in [3.05, 3.63) is 52.3 Å². The number of thiazole rings is 1.